The molecule has 178 valence electrons. The third-order valence-corrected chi connectivity index (χ3v) is 11.5. The van der Waals surface area contributed by atoms with Gasteiger partial charge in [0.15, 0.2) is 0 Å². The van der Waals surface area contributed by atoms with E-state index in [4.69, 9.17) is 23.2 Å². The van der Waals surface area contributed by atoms with Gasteiger partial charge in [0.2, 0.25) is 0 Å². The van der Waals surface area contributed by atoms with Crippen LogP contribution < -0.4 is 21.2 Å². The van der Waals surface area contributed by atoms with Gasteiger partial charge in [-0.3, -0.25) is 0 Å². The topological polar surface area (TPSA) is 0 Å². The van der Waals surface area contributed by atoms with Gasteiger partial charge in [0.25, 0.3) is 0 Å². The van der Waals surface area contributed by atoms with E-state index in [1.165, 1.54) is 21.2 Å². The molecule has 0 heterocycles. The molecule has 5 heteroatoms. The van der Waals surface area contributed by atoms with Crippen LogP contribution in [0.4, 0.5) is 0 Å². The zero-order valence-corrected chi connectivity index (χ0v) is 23.1. The van der Waals surface area contributed by atoms with Crippen molar-refractivity contribution in [2.75, 3.05) is 12.3 Å². The first kappa shape index (κ1) is 27.4. The van der Waals surface area contributed by atoms with Gasteiger partial charge in [-0.05, 0) is 62.2 Å². The van der Waals surface area contributed by atoms with Crippen LogP contribution >= 0.6 is 39.0 Å². The van der Waals surface area contributed by atoms with Gasteiger partial charge in [0, 0.05) is 16.5 Å². The molecule has 0 aliphatic carbocycles. The first-order valence-corrected chi connectivity index (χ1v) is 15.1. The van der Waals surface area contributed by atoms with Gasteiger partial charge in [0.05, 0.1) is 0 Å². The quantitative estimate of drug-likeness (QED) is 0.108. The summed E-state index contributed by atoms with van der Waals surface area (Å²) in [6.45, 7) is 0. The molecule has 0 unspecified atom stereocenters. The first-order valence-electron chi connectivity index (χ1n) is 11.3. The molecule has 0 aromatic heterocycles. The van der Waals surface area contributed by atoms with Crippen molar-refractivity contribution in [1.82, 2.24) is 0 Å². The van der Waals surface area contributed by atoms with Crippen molar-refractivity contribution < 1.29 is 16.5 Å². The number of halogens is 2. The molecule has 0 nitrogen and oxygen atoms in total. The molecule has 0 spiro atoms. The van der Waals surface area contributed by atoms with Crippen molar-refractivity contribution in [2.24, 2.45) is 0 Å². The van der Waals surface area contributed by atoms with Gasteiger partial charge in [-0.15, -0.1) is 23.2 Å². The summed E-state index contributed by atoms with van der Waals surface area (Å²) in [7, 11) is -0.985. The smallest absolute Gasteiger partial charge is 0.102 e. The minimum atomic E-state index is -0.742. The molecule has 0 atom stereocenters. The fourth-order valence-electron chi connectivity index (χ4n) is 3.92. The van der Waals surface area contributed by atoms with E-state index in [0.29, 0.717) is 0 Å². The van der Waals surface area contributed by atoms with Crippen LogP contribution in [0.3, 0.4) is 0 Å². The van der Waals surface area contributed by atoms with Crippen molar-refractivity contribution >= 4 is 60.3 Å². The molecule has 0 amide bonds. The molecule has 4 aromatic rings. The predicted molar refractivity (Wildman–Crippen MR) is 152 cm³/mol. The molecular formula is C29H28Cl2NiP2. The Bertz CT molecular complexity index is 926. The largest absolute Gasteiger partial charge is 0.119 e. The third kappa shape index (κ3) is 7.92. The van der Waals surface area contributed by atoms with E-state index < -0.39 is 20.2 Å². The summed E-state index contributed by atoms with van der Waals surface area (Å²) in [6, 6.07) is 43.1. The second kappa shape index (κ2) is 13.8. The molecule has 0 saturated carbocycles. The number of hydrogen-bond donors (Lipinski definition) is 0. The summed E-state index contributed by atoms with van der Waals surface area (Å²) in [5.41, 5.74) is 0. The maximum absolute atomic E-state index is 6.96. The Morgan fingerprint density at radius 2 is 0.676 bits per heavy atom. The van der Waals surface area contributed by atoms with Gasteiger partial charge in [-0.1, -0.05) is 121 Å². The van der Waals surface area contributed by atoms with E-state index in [-0.39, 0.29) is 16.5 Å². The molecule has 4 aromatic carbocycles. The number of rotatable bonds is 10. The van der Waals surface area contributed by atoms with Gasteiger partial charge in [0.1, 0.15) is 4.33 Å². The molecule has 0 radical (unpaired) electrons. The summed E-state index contributed by atoms with van der Waals surface area (Å²) in [6.07, 6.45) is 3.51. The summed E-state index contributed by atoms with van der Waals surface area (Å²) in [5.74, 6) is 0. The Balaban J connectivity index is 0.00000324. The molecule has 0 aliphatic heterocycles. The normalized spacial score (nSPS) is 11.4. The van der Waals surface area contributed by atoms with Crippen LogP contribution in [0.2, 0.25) is 0 Å². The van der Waals surface area contributed by atoms with E-state index in [2.05, 4.69) is 121 Å². The minimum absolute atomic E-state index is 0. The Morgan fingerprint density at radius 1 is 0.441 bits per heavy atom. The first-order chi connectivity index (χ1) is 16.1. The SMILES string of the molecule is ClC(Cl)(CCP(c1ccccc1)c1ccccc1)CCP(c1ccccc1)c1ccccc1.[Ni]. The number of alkyl halides is 2. The fraction of sp³-hybridized carbons (Fsp3) is 0.172. The average molecular weight is 568 g/mol. The second-order valence-corrected chi connectivity index (χ2v) is 14.3. The average Bonchev–Trinajstić information content (AvgIpc) is 2.87. The summed E-state index contributed by atoms with van der Waals surface area (Å²) in [4.78, 5) is 0. The van der Waals surface area contributed by atoms with Crippen LogP contribution in [-0.4, -0.2) is 16.7 Å². The van der Waals surface area contributed by atoms with E-state index in [1.54, 1.807) is 0 Å². The molecule has 34 heavy (non-hydrogen) atoms. The van der Waals surface area contributed by atoms with Crippen molar-refractivity contribution in [1.29, 1.82) is 0 Å². The monoisotopic (exact) mass is 566 g/mol. The maximum Gasteiger partial charge on any atom is 0.119 e. The van der Waals surface area contributed by atoms with E-state index >= 15 is 0 Å². The summed E-state index contributed by atoms with van der Waals surface area (Å²) >= 11 is 13.9. The predicted octanol–water partition coefficient (Wildman–Crippen LogP) is 7.20. The zero-order valence-electron chi connectivity index (χ0n) is 18.8. The van der Waals surface area contributed by atoms with E-state index in [0.717, 1.165) is 25.2 Å². The Morgan fingerprint density at radius 3 is 0.912 bits per heavy atom. The molecule has 0 aliphatic rings. The third-order valence-electron chi connectivity index (χ3n) is 5.67. The van der Waals surface area contributed by atoms with E-state index in [1.807, 2.05) is 0 Å². The van der Waals surface area contributed by atoms with Crippen LogP contribution in [0.1, 0.15) is 12.8 Å². The Labute approximate surface area is 226 Å². The van der Waals surface area contributed by atoms with Gasteiger partial charge in [-0.25, -0.2) is 0 Å². The molecule has 4 rings (SSSR count). The molecule has 0 bridgehead atoms. The molecule has 0 saturated heterocycles. The van der Waals surface area contributed by atoms with Crippen molar-refractivity contribution in [3.05, 3.63) is 121 Å². The molecule has 0 fully saturated rings. The second-order valence-electron chi connectivity index (χ2n) is 8.00. The molecular weight excluding hydrogens is 540 g/mol. The van der Waals surface area contributed by atoms with Gasteiger partial charge >= 0.3 is 0 Å². The van der Waals surface area contributed by atoms with Gasteiger partial charge in [-0.2, -0.15) is 0 Å². The van der Waals surface area contributed by atoms with Crippen molar-refractivity contribution in [2.45, 2.75) is 17.2 Å². The Kier molecular flexibility index (Phi) is 11.1. The van der Waals surface area contributed by atoms with Crippen LogP contribution in [0.15, 0.2) is 121 Å². The maximum atomic E-state index is 6.96. The van der Waals surface area contributed by atoms with Crippen LogP contribution in [-0.2, 0) is 16.5 Å². The van der Waals surface area contributed by atoms with Crippen molar-refractivity contribution in [3.63, 3.8) is 0 Å². The van der Waals surface area contributed by atoms with Crippen LogP contribution in [0, 0.1) is 0 Å². The van der Waals surface area contributed by atoms with E-state index in [9.17, 15) is 0 Å². The van der Waals surface area contributed by atoms with Crippen molar-refractivity contribution in [3.8, 4) is 0 Å². The number of benzene rings is 4. The Hall–Kier alpha value is -1.19. The summed E-state index contributed by atoms with van der Waals surface area (Å²) < 4.78 is -0.742. The van der Waals surface area contributed by atoms with Crippen LogP contribution in [0.25, 0.3) is 0 Å². The molecule has 0 N–H and O–H groups in total. The zero-order chi connectivity index (χ0) is 22.9. The standard InChI is InChI=1S/C29H28Cl2P2.Ni/c30-29(31,21-23-32(25-13-5-1-6-14-25)26-15-7-2-8-16-26)22-24-33(27-17-9-3-10-18-27)28-19-11-4-12-20-28;/h1-20H,21-24H2;. The summed E-state index contributed by atoms with van der Waals surface area (Å²) in [5, 5.41) is 5.50. The fourth-order valence-corrected chi connectivity index (χ4v) is 9.79. The minimum Gasteiger partial charge on any atom is -0.102 e. The number of hydrogen-bond acceptors (Lipinski definition) is 0. The van der Waals surface area contributed by atoms with Gasteiger partial charge < -0.3 is 0 Å². The van der Waals surface area contributed by atoms with Crippen LogP contribution in [0.5, 0.6) is 0 Å².